The number of nitriles is 1. The van der Waals surface area contributed by atoms with Crippen LogP contribution in [0, 0.1) is 17.2 Å². The van der Waals surface area contributed by atoms with E-state index in [1.807, 2.05) is 4.90 Å². The van der Waals surface area contributed by atoms with Crippen LogP contribution in [0.4, 0.5) is 18.9 Å². The minimum Gasteiger partial charge on any atom is -0.373 e. The van der Waals surface area contributed by atoms with Crippen LogP contribution < -0.4 is 4.90 Å². The molecule has 4 nitrogen and oxygen atoms in total. The number of morpholine rings is 1. The zero-order valence-corrected chi connectivity index (χ0v) is 15.8. The van der Waals surface area contributed by atoms with Crippen LogP contribution in [0.5, 0.6) is 0 Å². The van der Waals surface area contributed by atoms with Crippen molar-refractivity contribution < 1.29 is 17.9 Å². The summed E-state index contributed by atoms with van der Waals surface area (Å²) in [5.41, 5.74) is -0.485. The predicted octanol–water partition coefficient (Wildman–Crippen LogP) is 3.90. The molecular formula is C20H26F3N3O. The fraction of sp³-hybridized carbons (Fsp3) is 0.650. The van der Waals surface area contributed by atoms with Crippen molar-refractivity contribution in [1.82, 2.24) is 4.90 Å². The van der Waals surface area contributed by atoms with E-state index in [0.29, 0.717) is 19.0 Å². The minimum absolute atomic E-state index is 0.0384. The van der Waals surface area contributed by atoms with Crippen molar-refractivity contribution in [3.63, 3.8) is 0 Å². The van der Waals surface area contributed by atoms with E-state index in [-0.39, 0.29) is 23.5 Å². The molecule has 0 amide bonds. The molecule has 2 fully saturated rings. The molecule has 0 bridgehead atoms. The van der Waals surface area contributed by atoms with Gasteiger partial charge in [0.2, 0.25) is 0 Å². The minimum atomic E-state index is -4.46. The van der Waals surface area contributed by atoms with Gasteiger partial charge in [0.05, 0.1) is 29.4 Å². The van der Waals surface area contributed by atoms with Crippen molar-refractivity contribution in [3.8, 4) is 6.07 Å². The molecule has 2 unspecified atom stereocenters. The summed E-state index contributed by atoms with van der Waals surface area (Å²) < 4.78 is 46.0. The van der Waals surface area contributed by atoms with Crippen molar-refractivity contribution in [2.24, 2.45) is 5.92 Å². The molecule has 0 N–H and O–H groups in total. The van der Waals surface area contributed by atoms with Crippen LogP contribution in [0.3, 0.4) is 0 Å². The summed E-state index contributed by atoms with van der Waals surface area (Å²) in [4.78, 5) is 4.23. The van der Waals surface area contributed by atoms with Crippen LogP contribution in [0.2, 0.25) is 0 Å². The van der Waals surface area contributed by atoms with E-state index in [1.165, 1.54) is 12.1 Å². The first-order valence-corrected chi connectivity index (χ1v) is 9.50. The Labute approximate surface area is 158 Å². The number of alkyl halides is 3. The largest absolute Gasteiger partial charge is 0.418 e. The molecule has 0 aliphatic carbocycles. The Morgan fingerprint density at radius 2 is 1.78 bits per heavy atom. The summed E-state index contributed by atoms with van der Waals surface area (Å²) in [5, 5.41) is 8.91. The van der Waals surface area contributed by atoms with Crippen LogP contribution in [0.25, 0.3) is 0 Å². The van der Waals surface area contributed by atoms with E-state index in [2.05, 4.69) is 18.7 Å². The maximum absolute atomic E-state index is 13.4. The highest BCUT2D eigenvalue weighted by atomic mass is 19.4. The van der Waals surface area contributed by atoms with Crippen molar-refractivity contribution in [3.05, 3.63) is 29.3 Å². The smallest absolute Gasteiger partial charge is 0.373 e. The molecule has 2 aliphatic heterocycles. The molecule has 0 saturated carbocycles. The highest BCUT2D eigenvalue weighted by Gasteiger charge is 2.36. The van der Waals surface area contributed by atoms with E-state index in [9.17, 15) is 13.2 Å². The Bertz CT molecular complexity index is 683. The first kappa shape index (κ1) is 20.0. The number of hydrogen-bond donors (Lipinski definition) is 0. The number of rotatable bonds is 3. The number of nitrogens with zero attached hydrogens (tertiary/aromatic N) is 3. The second-order valence-corrected chi connectivity index (χ2v) is 7.75. The molecule has 3 rings (SSSR count). The number of anilines is 1. The Hall–Kier alpha value is -1.78. The van der Waals surface area contributed by atoms with Gasteiger partial charge in [0.1, 0.15) is 0 Å². The second-order valence-electron chi connectivity index (χ2n) is 7.75. The fourth-order valence-electron chi connectivity index (χ4n) is 4.26. The fourth-order valence-corrected chi connectivity index (χ4v) is 4.26. The van der Waals surface area contributed by atoms with Crippen molar-refractivity contribution in [2.45, 2.75) is 45.1 Å². The highest BCUT2D eigenvalue weighted by molar-refractivity contribution is 5.58. The lowest BCUT2D eigenvalue weighted by atomic mass is 9.94. The Morgan fingerprint density at radius 1 is 1.15 bits per heavy atom. The monoisotopic (exact) mass is 381 g/mol. The summed E-state index contributed by atoms with van der Waals surface area (Å²) in [7, 11) is 0. The molecule has 27 heavy (non-hydrogen) atoms. The van der Waals surface area contributed by atoms with E-state index >= 15 is 0 Å². The van der Waals surface area contributed by atoms with Crippen LogP contribution in [-0.4, -0.2) is 49.8 Å². The summed E-state index contributed by atoms with van der Waals surface area (Å²) in [6, 6.07) is 5.65. The third kappa shape index (κ3) is 4.94. The first-order chi connectivity index (χ1) is 12.8. The zero-order chi connectivity index (χ0) is 19.6. The van der Waals surface area contributed by atoms with E-state index in [4.69, 9.17) is 10.00 Å². The first-order valence-electron chi connectivity index (χ1n) is 9.50. The van der Waals surface area contributed by atoms with Gasteiger partial charge in [-0.05, 0) is 50.8 Å². The zero-order valence-electron chi connectivity index (χ0n) is 15.8. The lowest BCUT2D eigenvalue weighted by Crippen LogP contribution is -2.48. The molecule has 1 aromatic carbocycles. The molecule has 2 saturated heterocycles. The second kappa shape index (κ2) is 8.07. The molecule has 0 radical (unpaired) electrons. The Balaban J connectivity index is 1.63. The molecule has 7 heteroatoms. The number of hydrogen-bond acceptors (Lipinski definition) is 4. The van der Waals surface area contributed by atoms with Crippen molar-refractivity contribution >= 4 is 5.69 Å². The lowest BCUT2D eigenvalue weighted by Gasteiger charge is -2.40. The van der Waals surface area contributed by atoms with Crippen LogP contribution in [0.1, 0.15) is 37.8 Å². The number of ether oxygens (including phenoxy) is 1. The van der Waals surface area contributed by atoms with Crippen molar-refractivity contribution in [1.29, 1.82) is 5.26 Å². The quantitative estimate of drug-likeness (QED) is 0.796. The van der Waals surface area contributed by atoms with Crippen LogP contribution >= 0.6 is 0 Å². The molecule has 2 heterocycles. The van der Waals surface area contributed by atoms with E-state index < -0.39 is 11.7 Å². The van der Waals surface area contributed by atoms with Gasteiger partial charge in [-0.2, -0.15) is 18.4 Å². The van der Waals surface area contributed by atoms with Gasteiger partial charge in [-0.3, -0.25) is 4.90 Å². The van der Waals surface area contributed by atoms with E-state index in [1.54, 1.807) is 6.07 Å². The summed E-state index contributed by atoms with van der Waals surface area (Å²) in [6.45, 7) is 8.18. The van der Waals surface area contributed by atoms with Gasteiger partial charge >= 0.3 is 6.18 Å². The highest BCUT2D eigenvalue weighted by Crippen LogP contribution is 2.38. The van der Waals surface area contributed by atoms with Gasteiger partial charge in [-0.15, -0.1) is 0 Å². The standard InChI is InChI=1S/C20H26F3N3O/c1-14-11-25(12-15(2)27-14)13-16-5-7-26(8-6-16)19-4-3-17(10-24)9-18(19)20(21,22)23/h3-4,9,14-16H,5-8,11-13H2,1-2H3. The molecular weight excluding hydrogens is 355 g/mol. The number of halogens is 3. The van der Waals surface area contributed by atoms with Gasteiger partial charge in [-0.25, -0.2) is 0 Å². The Kier molecular flexibility index (Phi) is 5.97. The summed E-state index contributed by atoms with van der Waals surface area (Å²) in [6.07, 6.45) is -2.27. The molecule has 148 valence electrons. The van der Waals surface area contributed by atoms with Gasteiger partial charge < -0.3 is 9.64 Å². The van der Waals surface area contributed by atoms with Crippen LogP contribution in [0.15, 0.2) is 18.2 Å². The molecule has 1 aromatic rings. The SMILES string of the molecule is CC1CN(CC2CCN(c3ccc(C#N)cc3C(F)(F)F)CC2)CC(C)O1. The molecule has 0 spiro atoms. The topological polar surface area (TPSA) is 39.5 Å². The van der Waals surface area contributed by atoms with Crippen molar-refractivity contribution in [2.75, 3.05) is 37.6 Å². The van der Waals surface area contributed by atoms with Crippen LogP contribution in [-0.2, 0) is 10.9 Å². The number of piperidine rings is 1. The number of benzene rings is 1. The van der Waals surface area contributed by atoms with Gasteiger partial charge in [0.25, 0.3) is 0 Å². The summed E-state index contributed by atoms with van der Waals surface area (Å²) in [5.74, 6) is 0.492. The average Bonchev–Trinajstić information content (AvgIpc) is 2.60. The molecule has 2 aliphatic rings. The third-order valence-electron chi connectivity index (χ3n) is 5.40. The van der Waals surface area contributed by atoms with Gasteiger partial charge in [-0.1, -0.05) is 0 Å². The van der Waals surface area contributed by atoms with E-state index in [0.717, 1.165) is 38.5 Å². The maximum Gasteiger partial charge on any atom is 0.418 e. The summed E-state index contributed by atoms with van der Waals surface area (Å²) >= 11 is 0. The normalized spacial score (nSPS) is 25.4. The average molecular weight is 381 g/mol. The predicted molar refractivity (Wildman–Crippen MR) is 97.5 cm³/mol. The van der Waals surface area contributed by atoms with Gasteiger partial charge in [0.15, 0.2) is 0 Å². The molecule has 2 atom stereocenters. The molecule has 0 aromatic heterocycles. The Morgan fingerprint density at radius 3 is 2.33 bits per heavy atom. The van der Waals surface area contributed by atoms with Gasteiger partial charge in [0, 0.05) is 38.4 Å². The third-order valence-corrected chi connectivity index (χ3v) is 5.40. The maximum atomic E-state index is 13.4. The lowest BCUT2D eigenvalue weighted by molar-refractivity contribution is -0.137.